The van der Waals surface area contributed by atoms with Gasteiger partial charge in [0.2, 0.25) is 0 Å². The number of carbonyl (C=O) groups excluding carboxylic acids is 1. The first-order chi connectivity index (χ1) is 12.6. The van der Waals surface area contributed by atoms with Crippen LogP contribution in [0.15, 0.2) is 18.5 Å². The van der Waals surface area contributed by atoms with Gasteiger partial charge in [0.25, 0.3) is 0 Å². The summed E-state index contributed by atoms with van der Waals surface area (Å²) in [5.41, 5.74) is 0. The molecule has 4 heterocycles. The van der Waals surface area contributed by atoms with E-state index in [1.807, 2.05) is 15.9 Å². The van der Waals surface area contributed by atoms with Crippen LogP contribution < -0.4 is 4.90 Å². The van der Waals surface area contributed by atoms with Crippen molar-refractivity contribution in [2.24, 2.45) is 0 Å². The van der Waals surface area contributed by atoms with E-state index in [-0.39, 0.29) is 12.1 Å². The van der Waals surface area contributed by atoms with Crippen molar-refractivity contribution < 1.29 is 4.79 Å². The van der Waals surface area contributed by atoms with Gasteiger partial charge in [0, 0.05) is 61.9 Å². The molecule has 2 amide bonds. The zero-order chi connectivity index (χ0) is 18.1. The van der Waals surface area contributed by atoms with Gasteiger partial charge >= 0.3 is 6.03 Å². The summed E-state index contributed by atoms with van der Waals surface area (Å²) >= 11 is 6.17. The molecule has 0 radical (unpaired) electrons. The predicted molar refractivity (Wildman–Crippen MR) is 102 cm³/mol. The van der Waals surface area contributed by atoms with Crippen molar-refractivity contribution in [2.45, 2.75) is 32.2 Å². The molecule has 2 aliphatic heterocycles. The second kappa shape index (κ2) is 7.23. The number of likely N-dealkylation sites (tertiary alicyclic amines) is 1. The standard InChI is InChI=1S/C18H23ClN6O/c1-13-12-24(9-10-25(13)18(26)23-7-3-2-4-8-23)17-15-11-20-6-5-14(15)16(19)21-22-17/h5-6,11,13H,2-4,7-10,12H2,1H3. The second-order valence-corrected chi connectivity index (χ2v) is 7.41. The van der Waals surface area contributed by atoms with Gasteiger partial charge in [-0.15, -0.1) is 10.2 Å². The molecule has 1 unspecified atom stereocenters. The van der Waals surface area contributed by atoms with Crippen molar-refractivity contribution in [2.75, 3.05) is 37.6 Å². The number of halogens is 1. The minimum Gasteiger partial charge on any atom is -0.351 e. The van der Waals surface area contributed by atoms with E-state index in [1.54, 1.807) is 12.4 Å². The number of aromatic nitrogens is 3. The maximum atomic E-state index is 12.8. The predicted octanol–water partition coefficient (Wildman–Crippen LogP) is 2.79. The maximum absolute atomic E-state index is 12.8. The lowest BCUT2D eigenvalue weighted by molar-refractivity contribution is 0.123. The smallest absolute Gasteiger partial charge is 0.320 e. The van der Waals surface area contributed by atoms with Crippen molar-refractivity contribution in [3.8, 4) is 0 Å². The molecule has 2 fully saturated rings. The topological polar surface area (TPSA) is 65.5 Å². The lowest BCUT2D eigenvalue weighted by Crippen LogP contribution is -2.58. The van der Waals surface area contributed by atoms with Crippen LogP contribution in [0, 0.1) is 0 Å². The van der Waals surface area contributed by atoms with E-state index in [0.29, 0.717) is 11.7 Å². The SMILES string of the molecule is CC1CN(c2nnc(Cl)c3ccncc23)CCN1C(=O)N1CCCCC1. The minimum atomic E-state index is 0.113. The molecule has 1 atom stereocenters. The van der Waals surface area contributed by atoms with Gasteiger partial charge in [-0.3, -0.25) is 4.98 Å². The number of piperazine rings is 1. The summed E-state index contributed by atoms with van der Waals surface area (Å²) in [6.45, 7) is 5.99. The Kier molecular flexibility index (Phi) is 4.80. The average molecular weight is 375 g/mol. The summed E-state index contributed by atoms with van der Waals surface area (Å²) in [6, 6.07) is 2.14. The van der Waals surface area contributed by atoms with Crippen molar-refractivity contribution in [1.82, 2.24) is 25.0 Å². The Balaban J connectivity index is 1.52. The number of anilines is 1. The van der Waals surface area contributed by atoms with Crippen LogP contribution in [0.25, 0.3) is 10.8 Å². The normalized spacial score (nSPS) is 21.3. The average Bonchev–Trinajstić information content (AvgIpc) is 2.69. The second-order valence-electron chi connectivity index (χ2n) is 7.05. The number of nitrogens with zero attached hydrogens (tertiary/aromatic N) is 6. The number of rotatable bonds is 1. The molecule has 0 bridgehead atoms. The Morgan fingerprint density at radius 3 is 2.69 bits per heavy atom. The van der Waals surface area contributed by atoms with E-state index in [1.165, 1.54) is 6.42 Å². The summed E-state index contributed by atoms with van der Waals surface area (Å²) in [6.07, 6.45) is 6.93. The monoisotopic (exact) mass is 374 g/mol. The molecule has 0 aliphatic carbocycles. The number of hydrogen-bond donors (Lipinski definition) is 0. The van der Waals surface area contributed by atoms with E-state index in [9.17, 15) is 4.79 Å². The Hall–Kier alpha value is -2.15. The fourth-order valence-electron chi connectivity index (χ4n) is 3.89. The molecule has 0 N–H and O–H groups in total. The van der Waals surface area contributed by atoms with E-state index in [4.69, 9.17) is 11.6 Å². The van der Waals surface area contributed by atoms with Gasteiger partial charge in [0.15, 0.2) is 11.0 Å². The highest BCUT2D eigenvalue weighted by atomic mass is 35.5. The summed E-state index contributed by atoms with van der Waals surface area (Å²) in [5, 5.41) is 10.5. The van der Waals surface area contributed by atoms with Gasteiger partial charge in [-0.05, 0) is 32.3 Å². The molecule has 0 spiro atoms. The van der Waals surface area contributed by atoms with Gasteiger partial charge in [-0.2, -0.15) is 0 Å². The van der Waals surface area contributed by atoms with Crippen LogP contribution in [0.3, 0.4) is 0 Å². The van der Waals surface area contributed by atoms with Crippen molar-refractivity contribution >= 4 is 34.2 Å². The van der Waals surface area contributed by atoms with Crippen LogP contribution in [0.4, 0.5) is 10.6 Å². The highest BCUT2D eigenvalue weighted by molar-refractivity contribution is 6.34. The summed E-state index contributed by atoms with van der Waals surface area (Å²) in [5.74, 6) is 0.787. The molecule has 2 aliphatic rings. The first-order valence-electron chi connectivity index (χ1n) is 9.21. The Bertz CT molecular complexity index is 809. The first kappa shape index (κ1) is 17.3. The van der Waals surface area contributed by atoms with Gasteiger partial charge in [-0.1, -0.05) is 11.6 Å². The highest BCUT2D eigenvalue weighted by Gasteiger charge is 2.32. The molecular formula is C18H23ClN6O. The number of urea groups is 1. The lowest BCUT2D eigenvalue weighted by atomic mass is 10.1. The zero-order valence-electron chi connectivity index (χ0n) is 14.9. The molecule has 2 aromatic rings. The summed E-state index contributed by atoms with van der Waals surface area (Å²) in [4.78, 5) is 23.2. The maximum Gasteiger partial charge on any atom is 0.320 e. The van der Waals surface area contributed by atoms with Gasteiger partial charge in [-0.25, -0.2) is 4.79 Å². The number of pyridine rings is 1. The van der Waals surface area contributed by atoms with Crippen molar-refractivity contribution in [3.63, 3.8) is 0 Å². The van der Waals surface area contributed by atoms with Crippen LogP contribution in [-0.2, 0) is 0 Å². The van der Waals surface area contributed by atoms with Gasteiger partial charge in [0.1, 0.15) is 0 Å². The number of amides is 2. The van der Waals surface area contributed by atoms with Gasteiger partial charge in [0.05, 0.1) is 0 Å². The molecule has 2 saturated heterocycles. The highest BCUT2D eigenvalue weighted by Crippen LogP contribution is 2.29. The Morgan fingerprint density at radius 2 is 1.92 bits per heavy atom. The van der Waals surface area contributed by atoms with E-state index in [2.05, 4.69) is 27.0 Å². The molecule has 2 aromatic heterocycles. The summed E-state index contributed by atoms with van der Waals surface area (Å²) in [7, 11) is 0. The van der Waals surface area contributed by atoms with E-state index in [0.717, 1.165) is 55.6 Å². The zero-order valence-corrected chi connectivity index (χ0v) is 15.7. The largest absolute Gasteiger partial charge is 0.351 e. The van der Waals surface area contributed by atoms with Crippen LogP contribution >= 0.6 is 11.6 Å². The van der Waals surface area contributed by atoms with Crippen LogP contribution in [0.5, 0.6) is 0 Å². The minimum absolute atomic E-state index is 0.113. The molecule has 0 aromatic carbocycles. The Morgan fingerprint density at radius 1 is 1.12 bits per heavy atom. The fourth-order valence-corrected chi connectivity index (χ4v) is 4.09. The summed E-state index contributed by atoms with van der Waals surface area (Å²) < 4.78 is 0. The number of fused-ring (bicyclic) bond motifs is 1. The molecule has 138 valence electrons. The van der Waals surface area contributed by atoms with Crippen molar-refractivity contribution in [3.05, 3.63) is 23.6 Å². The molecule has 0 saturated carbocycles. The number of hydrogen-bond acceptors (Lipinski definition) is 5. The molecular weight excluding hydrogens is 352 g/mol. The molecule has 26 heavy (non-hydrogen) atoms. The Labute approximate surface area is 157 Å². The van der Waals surface area contributed by atoms with Crippen LogP contribution in [0.2, 0.25) is 5.15 Å². The third-order valence-corrected chi connectivity index (χ3v) is 5.60. The third-order valence-electron chi connectivity index (χ3n) is 5.32. The lowest BCUT2D eigenvalue weighted by Gasteiger charge is -2.43. The fraction of sp³-hybridized carbons (Fsp3) is 0.556. The third kappa shape index (κ3) is 3.16. The van der Waals surface area contributed by atoms with Crippen molar-refractivity contribution in [1.29, 1.82) is 0 Å². The quantitative estimate of drug-likeness (QED) is 0.767. The first-order valence-corrected chi connectivity index (χ1v) is 9.59. The van der Waals surface area contributed by atoms with Crippen LogP contribution in [0.1, 0.15) is 26.2 Å². The van der Waals surface area contributed by atoms with Crippen LogP contribution in [-0.4, -0.2) is 69.8 Å². The molecule has 4 rings (SSSR count). The number of piperidine rings is 1. The van der Waals surface area contributed by atoms with E-state index < -0.39 is 0 Å². The van der Waals surface area contributed by atoms with Gasteiger partial charge < -0.3 is 14.7 Å². The number of carbonyl (C=O) groups is 1. The van der Waals surface area contributed by atoms with E-state index >= 15 is 0 Å². The molecule has 8 heteroatoms. The molecule has 7 nitrogen and oxygen atoms in total.